The van der Waals surface area contributed by atoms with Crippen LogP contribution in [-0.2, 0) is 24.8 Å². The van der Waals surface area contributed by atoms with Crippen molar-refractivity contribution in [3.63, 3.8) is 0 Å². The minimum atomic E-state index is 0. The molecule has 0 unspecified atom stereocenters. The maximum Gasteiger partial charge on any atom is 0.191 e. The average molecular weight is 566 g/mol. The fourth-order valence-corrected chi connectivity index (χ4v) is 3.96. The molecule has 180 valence electrons. The first-order chi connectivity index (χ1) is 15.6. The molecule has 0 aliphatic carbocycles. The van der Waals surface area contributed by atoms with E-state index in [-0.39, 0.29) is 24.0 Å². The number of hydrogen-bond acceptors (Lipinski definition) is 5. The number of nitrogens with one attached hydrogen (secondary N) is 3. The Bertz CT molecular complexity index is 1050. The predicted molar refractivity (Wildman–Crippen MR) is 142 cm³/mol. The van der Waals surface area contributed by atoms with Gasteiger partial charge in [-0.15, -0.1) is 34.2 Å². The summed E-state index contributed by atoms with van der Waals surface area (Å²) in [6.07, 6.45) is 3.03. The Kier molecular flexibility index (Phi) is 9.51. The van der Waals surface area contributed by atoms with Crippen molar-refractivity contribution in [1.82, 2.24) is 35.3 Å². The van der Waals surface area contributed by atoms with Crippen LogP contribution in [0.1, 0.15) is 22.8 Å². The van der Waals surface area contributed by atoms with Gasteiger partial charge in [-0.3, -0.25) is 4.90 Å². The zero-order valence-corrected chi connectivity index (χ0v) is 22.1. The maximum atomic E-state index is 5.44. The molecule has 3 N–H and O–H groups in total. The van der Waals surface area contributed by atoms with Crippen molar-refractivity contribution in [2.75, 3.05) is 45.9 Å². The maximum absolute atomic E-state index is 5.44. The Morgan fingerprint density at radius 2 is 1.94 bits per heavy atom. The molecule has 0 amide bonds. The molecule has 0 atom stereocenters. The summed E-state index contributed by atoms with van der Waals surface area (Å²) in [4.78, 5) is 10.6. The number of nitrogens with zero attached hydrogens (tertiary/aromatic N) is 5. The number of halogens is 1. The van der Waals surface area contributed by atoms with Crippen LogP contribution in [0.3, 0.4) is 0 Å². The molecule has 1 aliphatic heterocycles. The Hall–Kier alpha value is -2.18. The zero-order chi connectivity index (χ0) is 22.3. The summed E-state index contributed by atoms with van der Waals surface area (Å²) < 4.78 is 7.41. The number of aromatic amines is 1. The van der Waals surface area contributed by atoms with Crippen LogP contribution in [0.2, 0.25) is 0 Å². The average Bonchev–Trinajstić information content (AvgIpc) is 3.37. The van der Waals surface area contributed by atoms with Crippen LogP contribution in [0, 0.1) is 13.8 Å². The lowest BCUT2D eigenvalue weighted by atomic mass is 10.1. The van der Waals surface area contributed by atoms with Gasteiger partial charge >= 0.3 is 0 Å². The van der Waals surface area contributed by atoms with Crippen molar-refractivity contribution in [2.24, 2.45) is 12.0 Å². The van der Waals surface area contributed by atoms with Gasteiger partial charge in [-0.25, -0.2) is 4.99 Å². The number of H-pyrrole nitrogens is 1. The van der Waals surface area contributed by atoms with Crippen LogP contribution in [0.4, 0.5) is 0 Å². The summed E-state index contributed by atoms with van der Waals surface area (Å²) >= 11 is 0. The van der Waals surface area contributed by atoms with E-state index in [1.165, 1.54) is 22.0 Å². The third-order valence-electron chi connectivity index (χ3n) is 6.08. The first kappa shape index (κ1) is 25.4. The molecule has 0 bridgehead atoms. The van der Waals surface area contributed by atoms with Crippen LogP contribution in [0.25, 0.3) is 10.9 Å². The number of hydrogen-bond donors (Lipinski definition) is 3. The Balaban J connectivity index is 0.00000306. The van der Waals surface area contributed by atoms with Gasteiger partial charge in [0.1, 0.15) is 12.4 Å². The highest BCUT2D eigenvalue weighted by atomic mass is 127. The lowest BCUT2D eigenvalue weighted by molar-refractivity contribution is 0.0389. The van der Waals surface area contributed by atoms with E-state index in [2.05, 4.69) is 62.0 Å². The van der Waals surface area contributed by atoms with Crippen molar-refractivity contribution in [1.29, 1.82) is 0 Å². The highest BCUT2D eigenvalue weighted by Gasteiger charge is 2.11. The van der Waals surface area contributed by atoms with Gasteiger partial charge in [0, 0.05) is 56.9 Å². The Morgan fingerprint density at radius 3 is 2.70 bits per heavy atom. The molecule has 2 aromatic heterocycles. The molecule has 4 rings (SSSR count). The van der Waals surface area contributed by atoms with Crippen molar-refractivity contribution >= 4 is 40.8 Å². The second-order valence-corrected chi connectivity index (χ2v) is 8.26. The molecule has 1 aliphatic rings. The molecule has 3 aromatic rings. The third-order valence-corrected chi connectivity index (χ3v) is 6.08. The van der Waals surface area contributed by atoms with Gasteiger partial charge in [-0.2, -0.15) is 0 Å². The van der Waals surface area contributed by atoms with Crippen LogP contribution in [0.15, 0.2) is 29.4 Å². The normalized spacial score (nSPS) is 14.9. The van der Waals surface area contributed by atoms with Gasteiger partial charge in [0.15, 0.2) is 11.8 Å². The number of ether oxygens (including phenoxy) is 1. The quantitative estimate of drug-likeness (QED) is 0.220. The first-order valence-electron chi connectivity index (χ1n) is 11.3. The molecule has 33 heavy (non-hydrogen) atoms. The van der Waals surface area contributed by atoms with Crippen LogP contribution in [-0.4, -0.2) is 76.5 Å². The van der Waals surface area contributed by atoms with Gasteiger partial charge in [-0.1, -0.05) is 18.2 Å². The van der Waals surface area contributed by atoms with Crippen molar-refractivity contribution in [3.05, 3.63) is 47.2 Å². The van der Waals surface area contributed by atoms with E-state index < -0.39 is 0 Å². The van der Waals surface area contributed by atoms with Gasteiger partial charge in [0.2, 0.25) is 0 Å². The van der Waals surface area contributed by atoms with E-state index >= 15 is 0 Å². The molecule has 1 fully saturated rings. The molecule has 1 saturated heterocycles. The minimum Gasteiger partial charge on any atom is -0.379 e. The number of guanidine groups is 1. The van der Waals surface area contributed by atoms with Crippen LogP contribution < -0.4 is 10.6 Å². The molecule has 3 heterocycles. The van der Waals surface area contributed by atoms with Gasteiger partial charge in [-0.05, 0) is 31.4 Å². The number of aryl methyl sites for hydroxylation is 2. The summed E-state index contributed by atoms with van der Waals surface area (Å²) in [5, 5.41) is 16.6. The highest BCUT2D eigenvalue weighted by Crippen LogP contribution is 2.21. The van der Waals surface area contributed by atoms with E-state index in [0.717, 1.165) is 70.0 Å². The van der Waals surface area contributed by atoms with E-state index in [9.17, 15) is 0 Å². The standard InChI is InChI=1S/C23H34N8O.HI/c1-17-5-4-6-20-19(15-26-22(17)20)7-8-24-23(25-9-10-31-11-13-32-14-12-31)27-16-21-29-28-18(2)30(21)3;/h4-6,15,26H,7-14,16H2,1-3H3,(H2,24,25,27);1H. The fourth-order valence-electron chi connectivity index (χ4n) is 3.96. The number of morpholine rings is 1. The molecule has 10 heteroatoms. The largest absolute Gasteiger partial charge is 0.379 e. The van der Waals surface area contributed by atoms with Crippen LogP contribution >= 0.6 is 24.0 Å². The fraction of sp³-hybridized carbons (Fsp3) is 0.522. The molecule has 9 nitrogen and oxygen atoms in total. The zero-order valence-electron chi connectivity index (χ0n) is 19.7. The Morgan fingerprint density at radius 1 is 1.15 bits per heavy atom. The van der Waals surface area contributed by atoms with Crippen molar-refractivity contribution in [3.8, 4) is 0 Å². The van der Waals surface area contributed by atoms with Gasteiger partial charge in [0.25, 0.3) is 0 Å². The number of aliphatic imine (C=N–C) groups is 1. The summed E-state index contributed by atoms with van der Waals surface area (Å²) in [7, 11) is 1.97. The predicted octanol–water partition coefficient (Wildman–Crippen LogP) is 2.14. The van der Waals surface area contributed by atoms with E-state index in [0.29, 0.717) is 6.54 Å². The molecular weight excluding hydrogens is 531 g/mol. The van der Waals surface area contributed by atoms with E-state index in [4.69, 9.17) is 9.73 Å². The summed E-state index contributed by atoms with van der Waals surface area (Å²) in [6.45, 7) is 10.8. The van der Waals surface area contributed by atoms with E-state index in [1.807, 2.05) is 18.5 Å². The van der Waals surface area contributed by atoms with Crippen molar-refractivity contribution in [2.45, 2.75) is 26.8 Å². The number of rotatable bonds is 8. The monoisotopic (exact) mass is 566 g/mol. The summed E-state index contributed by atoms with van der Waals surface area (Å²) in [5.41, 5.74) is 3.80. The lowest BCUT2D eigenvalue weighted by Crippen LogP contribution is -2.44. The second kappa shape index (κ2) is 12.3. The highest BCUT2D eigenvalue weighted by molar-refractivity contribution is 14.0. The number of aromatic nitrogens is 4. The topological polar surface area (TPSA) is 95.4 Å². The van der Waals surface area contributed by atoms with Crippen molar-refractivity contribution < 1.29 is 4.74 Å². The second-order valence-electron chi connectivity index (χ2n) is 8.26. The molecule has 0 spiro atoms. The summed E-state index contributed by atoms with van der Waals surface area (Å²) in [6, 6.07) is 6.43. The summed E-state index contributed by atoms with van der Waals surface area (Å²) in [5.74, 6) is 2.54. The molecule has 0 saturated carbocycles. The third kappa shape index (κ3) is 6.67. The molecule has 0 radical (unpaired) electrons. The van der Waals surface area contributed by atoms with E-state index in [1.54, 1.807) is 0 Å². The number of fused-ring (bicyclic) bond motifs is 1. The van der Waals surface area contributed by atoms with Crippen LogP contribution in [0.5, 0.6) is 0 Å². The number of para-hydroxylation sites is 1. The number of benzene rings is 1. The molecular formula is C23H35IN8O. The minimum absolute atomic E-state index is 0. The molecule has 1 aromatic carbocycles. The lowest BCUT2D eigenvalue weighted by Gasteiger charge is -2.26. The SMILES string of the molecule is Cc1cccc2c(CCNC(=NCc3nnc(C)n3C)NCCN3CCOCC3)c[nH]c12.I. The van der Waals surface area contributed by atoms with Gasteiger partial charge in [0.05, 0.1) is 13.2 Å². The smallest absolute Gasteiger partial charge is 0.191 e. The Labute approximate surface area is 212 Å². The first-order valence-corrected chi connectivity index (χ1v) is 11.3. The van der Waals surface area contributed by atoms with Gasteiger partial charge < -0.3 is 24.9 Å².